The van der Waals surface area contributed by atoms with Crippen LogP contribution in [0.4, 0.5) is 0 Å². The van der Waals surface area contributed by atoms with Gasteiger partial charge in [-0.1, -0.05) is 60.7 Å². The van der Waals surface area contributed by atoms with Gasteiger partial charge in [-0.2, -0.15) is 5.10 Å². The monoisotopic (exact) mass is 390 g/mol. The molecule has 1 aliphatic heterocycles. The SMILES string of the molecule is NC(=O)C1CN(C(=O)c2cn(Cc3ccccc3)nc2-c2ccccc2)CCO1. The summed E-state index contributed by atoms with van der Waals surface area (Å²) in [5.41, 5.74) is 8.43. The number of primary amides is 1. The molecule has 7 heteroatoms. The van der Waals surface area contributed by atoms with E-state index in [9.17, 15) is 9.59 Å². The fraction of sp³-hybridized carbons (Fsp3) is 0.227. The number of hydrogen-bond acceptors (Lipinski definition) is 4. The van der Waals surface area contributed by atoms with Gasteiger partial charge in [-0.05, 0) is 5.56 Å². The molecule has 148 valence electrons. The molecule has 0 aliphatic carbocycles. The van der Waals surface area contributed by atoms with Crippen LogP contribution in [0.2, 0.25) is 0 Å². The van der Waals surface area contributed by atoms with Crippen molar-refractivity contribution in [1.82, 2.24) is 14.7 Å². The Labute approximate surface area is 168 Å². The Morgan fingerprint density at radius 2 is 1.76 bits per heavy atom. The molecule has 1 atom stereocenters. The molecule has 1 aliphatic rings. The second kappa shape index (κ2) is 8.28. The Kier molecular flexibility index (Phi) is 5.39. The molecule has 0 saturated carbocycles. The zero-order chi connectivity index (χ0) is 20.2. The fourth-order valence-electron chi connectivity index (χ4n) is 3.41. The Bertz CT molecular complexity index is 1000. The van der Waals surface area contributed by atoms with Crippen molar-refractivity contribution in [3.05, 3.63) is 78.0 Å². The van der Waals surface area contributed by atoms with E-state index in [0.29, 0.717) is 24.3 Å². The van der Waals surface area contributed by atoms with E-state index in [1.54, 1.807) is 15.8 Å². The number of ether oxygens (including phenoxy) is 1. The number of hydrogen-bond donors (Lipinski definition) is 1. The summed E-state index contributed by atoms with van der Waals surface area (Å²) in [6, 6.07) is 19.6. The van der Waals surface area contributed by atoms with Gasteiger partial charge in [0.2, 0.25) is 5.91 Å². The summed E-state index contributed by atoms with van der Waals surface area (Å²) in [7, 11) is 0. The summed E-state index contributed by atoms with van der Waals surface area (Å²) in [6.07, 6.45) is 0.985. The number of morpholine rings is 1. The number of aromatic nitrogens is 2. The van der Waals surface area contributed by atoms with Gasteiger partial charge in [0.1, 0.15) is 5.69 Å². The van der Waals surface area contributed by atoms with Crippen LogP contribution in [0.3, 0.4) is 0 Å². The first kappa shape index (κ1) is 18.9. The van der Waals surface area contributed by atoms with Crippen molar-refractivity contribution in [3.63, 3.8) is 0 Å². The Balaban J connectivity index is 1.67. The van der Waals surface area contributed by atoms with Crippen molar-refractivity contribution in [2.24, 2.45) is 5.73 Å². The van der Waals surface area contributed by atoms with E-state index in [4.69, 9.17) is 15.6 Å². The van der Waals surface area contributed by atoms with Gasteiger partial charge in [-0.3, -0.25) is 14.3 Å². The van der Waals surface area contributed by atoms with Gasteiger partial charge in [-0.15, -0.1) is 0 Å². The normalized spacial score (nSPS) is 16.6. The largest absolute Gasteiger partial charge is 0.367 e. The zero-order valence-corrected chi connectivity index (χ0v) is 15.9. The summed E-state index contributed by atoms with van der Waals surface area (Å²) in [5, 5.41) is 4.69. The summed E-state index contributed by atoms with van der Waals surface area (Å²) in [6.45, 7) is 1.38. The Hall–Kier alpha value is -3.45. The minimum atomic E-state index is -0.785. The molecular weight excluding hydrogens is 368 g/mol. The number of nitrogens with zero attached hydrogens (tertiary/aromatic N) is 3. The number of amides is 2. The van der Waals surface area contributed by atoms with Crippen molar-refractivity contribution in [3.8, 4) is 11.3 Å². The average molecular weight is 390 g/mol. The maximum Gasteiger partial charge on any atom is 0.257 e. The van der Waals surface area contributed by atoms with Crippen LogP contribution in [0.1, 0.15) is 15.9 Å². The zero-order valence-electron chi connectivity index (χ0n) is 15.9. The van der Waals surface area contributed by atoms with Crippen molar-refractivity contribution >= 4 is 11.8 Å². The lowest BCUT2D eigenvalue weighted by atomic mass is 10.1. The Morgan fingerprint density at radius 1 is 1.07 bits per heavy atom. The highest BCUT2D eigenvalue weighted by Crippen LogP contribution is 2.24. The van der Waals surface area contributed by atoms with Crippen LogP contribution in [0, 0.1) is 0 Å². The lowest BCUT2D eigenvalue weighted by Crippen LogP contribution is -2.50. The van der Waals surface area contributed by atoms with Gasteiger partial charge in [0.25, 0.3) is 5.91 Å². The summed E-state index contributed by atoms with van der Waals surface area (Å²) < 4.78 is 7.14. The van der Waals surface area contributed by atoms with Crippen LogP contribution in [0.25, 0.3) is 11.3 Å². The molecule has 1 aromatic heterocycles. The molecule has 0 bridgehead atoms. The van der Waals surface area contributed by atoms with Gasteiger partial charge < -0.3 is 15.4 Å². The minimum Gasteiger partial charge on any atom is -0.367 e. The van der Waals surface area contributed by atoms with Gasteiger partial charge in [-0.25, -0.2) is 0 Å². The lowest BCUT2D eigenvalue weighted by molar-refractivity contribution is -0.133. The van der Waals surface area contributed by atoms with Crippen molar-refractivity contribution < 1.29 is 14.3 Å². The molecular formula is C22H22N4O3. The van der Waals surface area contributed by atoms with E-state index in [2.05, 4.69) is 0 Å². The quantitative estimate of drug-likeness (QED) is 0.721. The van der Waals surface area contributed by atoms with Crippen LogP contribution in [0.5, 0.6) is 0 Å². The van der Waals surface area contributed by atoms with Crippen LogP contribution in [-0.4, -0.2) is 52.3 Å². The molecule has 29 heavy (non-hydrogen) atoms. The highest BCUT2D eigenvalue weighted by Gasteiger charge is 2.30. The molecule has 7 nitrogen and oxygen atoms in total. The van der Waals surface area contributed by atoms with Crippen molar-refractivity contribution in [1.29, 1.82) is 0 Å². The van der Waals surface area contributed by atoms with Crippen molar-refractivity contribution in [2.75, 3.05) is 19.7 Å². The van der Waals surface area contributed by atoms with Crippen LogP contribution >= 0.6 is 0 Å². The summed E-state index contributed by atoms with van der Waals surface area (Å²) >= 11 is 0. The van der Waals surface area contributed by atoms with Crippen LogP contribution < -0.4 is 5.73 Å². The van der Waals surface area contributed by atoms with E-state index < -0.39 is 12.0 Å². The first-order chi connectivity index (χ1) is 14.1. The number of benzene rings is 2. The van der Waals surface area contributed by atoms with Crippen molar-refractivity contribution in [2.45, 2.75) is 12.6 Å². The predicted octanol–water partition coefficient (Wildman–Crippen LogP) is 1.92. The molecule has 3 aromatic rings. The maximum atomic E-state index is 13.3. The van der Waals surface area contributed by atoms with E-state index in [0.717, 1.165) is 11.1 Å². The van der Waals surface area contributed by atoms with E-state index >= 15 is 0 Å². The number of carbonyl (C=O) groups is 2. The number of carbonyl (C=O) groups excluding carboxylic acids is 2. The number of nitrogens with two attached hydrogens (primary N) is 1. The molecule has 2 amide bonds. The predicted molar refractivity (Wildman–Crippen MR) is 108 cm³/mol. The second-order valence-corrected chi connectivity index (χ2v) is 6.95. The standard InChI is InChI=1S/C22H22N4O3/c23-21(27)19-15-25(11-12-29-19)22(28)18-14-26(13-16-7-3-1-4-8-16)24-20(18)17-9-5-2-6-10-17/h1-10,14,19H,11-13,15H2,(H2,23,27). The van der Waals surface area contributed by atoms with E-state index in [1.165, 1.54) is 0 Å². The topological polar surface area (TPSA) is 90.5 Å². The molecule has 2 aromatic carbocycles. The summed E-state index contributed by atoms with van der Waals surface area (Å²) in [5.74, 6) is -0.747. The molecule has 1 unspecified atom stereocenters. The van der Waals surface area contributed by atoms with E-state index in [-0.39, 0.29) is 19.1 Å². The molecule has 2 heterocycles. The number of rotatable bonds is 5. The third-order valence-corrected chi connectivity index (χ3v) is 4.90. The molecule has 0 spiro atoms. The first-order valence-electron chi connectivity index (χ1n) is 9.49. The average Bonchev–Trinajstić information content (AvgIpc) is 3.18. The molecule has 2 N–H and O–H groups in total. The van der Waals surface area contributed by atoms with Gasteiger partial charge in [0, 0.05) is 18.3 Å². The van der Waals surface area contributed by atoms with Crippen LogP contribution in [-0.2, 0) is 16.1 Å². The summed E-state index contributed by atoms with van der Waals surface area (Å²) in [4.78, 5) is 26.4. The van der Waals surface area contributed by atoms with Crippen LogP contribution in [0.15, 0.2) is 66.9 Å². The van der Waals surface area contributed by atoms with Gasteiger partial charge >= 0.3 is 0 Å². The smallest absolute Gasteiger partial charge is 0.257 e. The second-order valence-electron chi connectivity index (χ2n) is 6.95. The lowest BCUT2D eigenvalue weighted by Gasteiger charge is -2.31. The van der Waals surface area contributed by atoms with Gasteiger partial charge in [0.15, 0.2) is 6.10 Å². The highest BCUT2D eigenvalue weighted by atomic mass is 16.5. The Morgan fingerprint density at radius 3 is 2.45 bits per heavy atom. The minimum absolute atomic E-state index is 0.145. The van der Waals surface area contributed by atoms with E-state index in [1.807, 2.05) is 60.7 Å². The molecule has 1 fully saturated rings. The maximum absolute atomic E-state index is 13.3. The molecule has 0 radical (unpaired) electrons. The fourth-order valence-corrected chi connectivity index (χ4v) is 3.41. The van der Waals surface area contributed by atoms with Gasteiger partial charge in [0.05, 0.1) is 25.3 Å². The molecule has 1 saturated heterocycles. The highest BCUT2D eigenvalue weighted by molar-refractivity contribution is 6.00. The third kappa shape index (κ3) is 4.20. The third-order valence-electron chi connectivity index (χ3n) is 4.90. The first-order valence-corrected chi connectivity index (χ1v) is 9.49. The molecule has 4 rings (SSSR count).